The third-order valence-electron chi connectivity index (χ3n) is 2.76. The van der Waals surface area contributed by atoms with Gasteiger partial charge < -0.3 is 0 Å². The lowest BCUT2D eigenvalue weighted by molar-refractivity contribution is 0.607. The lowest BCUT2D eigenvalue weighted by Gasteiger charge is -2.03. The Balaban J connectivity index is 2.12. The average molecular weight is 225 g/mol. The molecule has 1 aromatic carbocycles. The van der Waals surface area contributed by atoms with E-state index >= 15 is 0 Å². The molecule has 0 nitrogen and oxygen atoms in total. The van der Waals surface area contributed by atoms with Crippen LogP contribution < -0.4 is 0 Å². The van der Waals surface area contributed by atoms with Gasteiger partial charge in [0.15, 0.2) is 0 Å². The van der Waals surface area contributed by atoms with Crippen LogP contribution in [0.3, 0.4) is 0 Å². The molecule has 0 atom stereocenters. The molecule has 15 heavy (non-hydrogen) atoms. The average Bonchev–Trinajstić information content (AvgIpc) is 2.25. The van der Waals surface area contributed by atoms with Crippen LogP contribution in [0.4, 0.5) is 0 Å². The Morgan fingerprint density at radius 3 is 2.33 bits per heavy atom. The Kier molecular flexibility index (Phi) is 6.50. The molecule has 0 aliphatic heterocycles. The zero-order valence-corrected chi connectivity index (χ0v) is 10.4. The Hall–Kier alpha value is -0.490. The van der Waals surface area contributed by atoms with E-state index in [2.05, 4.69) is 19.1 Å². The van der Waals surface area contributed by atoms with Gasteiger partial charge >= 0.3 is 0 Å². The second kappa shape index (κ2) is 7.76. The van der Waals surface area contributed by atoms with E-state index in [1.807, 2.05) is 12.1 Å². The Bertz CT molecular complexity index is 268. The molecule has 0 N–H and O–H groups in total. The van der Waals surface area contributed by atoms with Crippen molar-refractivity contribution < 1.29 is 0 Å². The minimum Gasteiger partial charge on any atom is -0.0840 e. The molecule has 1 rings (SSSR count). The van der Waals surface area contributed by atoms with Crippen molar-refractivity contribution >= 4 is 11.6 Å². The molecule has 1 heteroatoms. The summed E-state index contributed by atoms with van der Waals surface area (Å²) in [5.41, 5.74) is 1.30. The fraction of sp³-hybridized carbons (Fsp3) is 0.571. The molecule has 0 aliphatic rings. The summed E-state index contributed by atoms with van der Waals surface area (Å²) in [5, 5.41) is 0.922. The predicted octanol–water partition coefficient (Wildman–Crippen LogP) is 5.24. The van der Waals surface area contributed by atoms with Gasteiger partial charge in [0.05, 0.1) is 0 Å². The summed E-state index contributed by atoms with van der Waals surface area (Å²) in [6.45, 7) is 2.25. The standard InChI is InChI=1S/C14H21Cl/c1-2-3-4-5-6-7-10-13-11-8-9-12-14(13)15/h8-9,11-12H,2-7,10H2,1H3. The van der Waals surface area contributed by atoms with E-state index in [0.29, 0.717) is 0 Å². The lowest BCUT2D eigenvalue weighted by atomic mass is 10.1. The van der Waals surface area contributed by atoms with E-state index in [1.165, 1.54) is 44.1 Å². The van der Waals surface area contributed by atoms with Crippen LogP contribution in [0, 0.1) is 0 Å². The van der Waals surface area contributed by atoms with E-state index in [-0.39, 0.29) is 0 Å². The van der Waals surface area contributed by atoms with Gasteiger partial charge in [0.1, 0.15) is 0 Å². The first-order valence-corrected chi connectivity index (χ1v) is 6.45. The highest BCUT2D eigenvalue weighted by Crippen LogP contribution is 2.18. The summed E-state index contributed by atoms with van der Waals surface area (Å²) in [5.74, 6) is 0. The first-order valence-electron chi connectivity index (χ1n) is 6.08. The summed E-state index contributed by atoms with van der Waals surface area (Å²) < 4.78 is 0. The molecule has 0 bridgehead atoms. The normalized spacial score (nSPS) is 10.5. The van der Waals surface area contributed by atoms with Gasteiger partial charge in [0.2, 0.25) is 0 Å². The van der Waals surface area contributed by atoms with Crippen LogP contribution in [0.15, 0.2) is 24.3 Å². The largest absolute Gasteiger partial charge is 0.0840 e. The first kappa shape index (κ1) is 12.6. The van der Waals surface area contributed by atoms with E-state index in [9.17, 15) is 0 Å². The number of hydrogen-bond donors (Lipinski definition) is 0. The third kappa shape index (κ3) is 5.22. The van der Waals surface area contributed by atoms with Crippen molar-refractivity contribution in [3.05, 3.63) is 34.9 Å². The number of benzene rings is 1. The minimum atomic E-state index is 0.922. The number of hydrogen-bond acceptors (Lipinski definition) is 0. The van der Waals surface area contributed by atoms with Crippen molar-refractivity contribution in [3.8, 4) is 0 Å². The van der Waals surface area contributed by atoms with E-state index < -0.39 is 0 Å². The van der Waals surface area contributed by atoms with Crippen LogP contribution in [-0.2, 0) is 6.42 Å². The van der Waals surface area contributed by atoms with Crippen molar-refractivity contribution in [2.75, 3.05) is 0 Å². The zero-order chi connectivity index (χ0) is 10.9. The third-order valence-corrected chi connectivity index (χ3v) is 3.13. The van der Waals surface area contributed by atoms with Crippen LogP contribution in [0.1, 0.15) is 51.0 Å². The number of rotatable bonds is 7. The Labute approximate surface area is 98.7 Å². The molecule has 0 saturated carbocycles. The molecule has 0 aromatic heterocycles. The second-order valence-corrected chi connectivity index (χ2v) is 4.52. The maximum absolute atomic E-state index is 6.09. The van der Waals surface area contributed by atoms with Gasteiger partial charge in [-0.15, -0.1) is 0 Å². The SMILES string of the molecule is CCCCCCCCc1ccccc1Cl. The van der Waals surface area contributed by atoms with Crippen molar-refractivity contribution in [2.45, 2.75) is 51.9 Å². The fourth-order valence-corrected chi connectivity index (χ4v) is 2.03. The van der Waals surface area contributed by atoms with Crippen molar-refractivity contribution in [3.63, 3.8) is 0 Å². The van der Waals surface area contributed by atoms with Crippen molar-refractivity contribution in [1.29, 1.82) is 0 Å². The quantitative estimate of drug-likeness (QED) is 0.556. The molecule has 0 amide bonds. The van der Waals surface area contributed by atoms with E-state index in [1.54, 1.807) is 0 Å². The monoisotopic (exact) mass is 224 g/mol. The molecule has 0 spiro atoms. The first-order chi connectivity index (χ1) is 7.34. The van der Waals surface area contributed by atoms with Crippen molar-refractivity contribution in [1.82, 2.24) is 0 Å². The lowest BCUT2D eigenvalue weighted by Crippen LogP contribution is -1.87. The maximum atomic E-state index is 6.09. The summed E-state index contributed by atoms with van der Waals surface area (Å²) in [6.07, 6.45) is 9.21. The molecule has 1 aromatic rings. The fourth-order valence-electron chi connectivity index (χ4n) is 1.80. The topological polar surface area (TPSA) is 0 Å². The van der Waals surface area contributed by atoms with Gasteiger partial charge in [-0.3, -0.25) is 0 Å². The molecule has 0 unspecified atom stereocenters. The van der Waals surface area contributed by atoms with Crippen LogP contribution in [0.25, 0.3) is 0 Å². The van der Waals surface area contributed by atoms with Crippen LogP contribution in [-0.4, -0.2) is 0 Å². The van der Waals surface area contributed by atoms with E-state index in [0.717, 1.165) is 11.4 Å². The number of unbranched alkanes of at least 4 members (excludes halogenated alkanes) is 5. The summed E-state index contributed by atoms with van der Waals surface area (Å²) in [4.78, 5) is 0. The van der Waals surface area contributed by atoms with Gasteiger partial charge in [-0.05, 0) is 24.5 Å². The van der Waals surface area contributed by atoms with Gasteiger partial charge in [-0.25, -0.2) is 0 Å². The minimum absolute atomic E-state index is 0.922. The van der Waals surface area contributed by atoms with Gasteiger partial charge in [0.25, 0.3) is 0 Å². The Morgan fingerprint density at radius 1 is 0.933 bits per heavy atom. The molecule has 0 heterocycles. The summed E-state index contributed by atoms with van der Waals surface area (Å²) in [7, 11) is 0. The maximum Gasteiger partial charge on any atom is 0.0437 e. The summed E-state index contributed by atoms with van der Waals surface area (Å²) in [6, 6.07) is 8.17. The van der Waals surface area contributed by atoms with Gasteiger partial charge in [-0.2, -0.15) is 0 Å². The van der Waals surface area contributed by atoms with Crippen molar-refractivity contribution in [2.24, 2.45) is 0 Å². The van der Waals surface area contributed by atoms with E-state index in [4.69, 9.17) is 11.6 Å². The molecule has 0 aliphatic carbocycles. The molecular weight excluding hydrogens is 204 g/mol. The predicted molar refractivity (Wildman–Crippen MR) is 68.5 cm³/mol. The van der Waals surface area contributed by atoms with Gasteiger partial charge in [-0.1, -0.05) is 68.8 Å². The van der Waals surface area contributed by atoms with Crippen LogP contribution >= 0.6 is 11.6 Å². The summed E-state index contributed by atoms with van der Waals surface area (Å²) >= 11 is 6.09. The number of halogens is 1. The molecular formula is C14H21Cl. The molecule has 0 saturated heterocycles. The highest BCUT2D eigenvalue weighted by molar-refractivity contribution is 6.31. The van der Waals surface area contributed by atoms with Crippen LogP contribution in [0.5, 0.6) is 0 Å². The zero-order valence-electron chi connectivity index (χ0n) is 9.64. The molecule has 84 valence electrons. The Morgan fingerprint density at radius 2 is 1.60 bits per heavy atom. The van der Waals surface area contributed by atoms with Gasteiger partial charge in [0, 0.05) is 5.02 Å². The number of aryl methyl sites for hydroxylation is 1. The molecule has 0 fully saturated rings. The van der Waals surface area contributed by atoms with Crippen LogP contribution in [0.2, 0.25) is 5.02 Å². The highest BCUT2D eigenvalue weighted by Gasteiger charge is 1.98. The smallest absolute Gasteiger partial charge is 0.0437 e. The second-order valence-electron chi connectivity index (χ2n) is 4.11. The molecule has 0 radical (unpaired) electrons. The highest BCUT2D eigenvalue weighted by atomic mass is 35.5.